The Balaban J connectivity index is 2.62. The molecule has 1 amide bonds. The number of hydrogen-bond donors (Lipinski definition) is 1. The number of hydrogen-bond acceptors (Lipinski definition) is 2. The van der Waals surface area contributed by atoms with Crippen LogP contribution in [0.1, 0.15) is 0 Å². The van der Waals surface area contributed by atoms with Gasteiger partial charge < -0.3 is 5.32 Å². The number of amides is 1. The van der Waals surface area contributed by atoms with Gasteiger partial charge in [-0.15, -0.1) is 0 Å². The minimum absolute atomic E-state index is 0.248. The number of alkyl halides is 1. The predicted molar refractivity (Wildman–Crippen MR) is 26.3 cm³/mol. The molecule has 0 aliphatic carbocycles. The van der Waals surface area contributed by atoms with Crippen LogP contribution in [0.3, 0.4) is 0 Å². The second kappa shape index (κ2) is 1.50. The molecule has 1 heterocycles. The molecule has 0 saturated carbocycles. The highest BCUT2D eigenvalue weighted by Crippen LogP contribution is 1.98. The fourth-order valence-electron chi connectivity index (χ4n) is 0.303. The zero-order chi connectivity index (χ0) is 5.28. The molecule has 0 fully saturated rings. The first-order valence-corrected chi connectivity index (χ1v) is 2.20. The van der Waals surface area contributed by atoms with Crippen molar-refractivity contribution in [3.05, 3.63) is 0 Å². The molecular weight excluding hydrogens is 115 g/mol. The molecule has 1 rings (SSSR count). The maximum atomic E-state index is 10.2. The SMILES string of the molecule is O=C1NC=NC1Cl. The van der Waals surface area contributed by atoms with Gasteiger partial charge in [0.25, 0.3) is 5.91 Å². The lowest BCUT2D eigenvalue weighted by Gasteiger charge is -1.86. The molecule has 0 saturated heterocycles. The summed E-state index contributed by atoms with van der Waals surface area (Å²) in [6, 6.07) is 0. The van der Waals surface area contributed by atoms with E-state index in [0.717, 1.165) is 0 Å². The monoisotopic (exact) mass is 118 g/mol. The summed E-state index contributed by atoms with van der Waals surface area (Å²) in [4.78, 5) is 13.7. The van der Waals surface area contributed by atoms with Gasteiger partial charge in [-0.3, -0.25) is 4.79 Å². The number of rotatable bonds is 0. The highest BCUT2D eigenvalue weighted by atomic mass is 35.5. The van der Waals surface area contributed by atoms with Gasteiger partial charge in [0.2, 0.25) is 5.50 Å². The van der Waals surface area contributed by atoms with Gasteiger partial charge in [0.15, 0.2) is 0 Å². The van der Waals surface area contributed by atoms with Crippen LogP contribution in [0.5, 0.6) is 0 Å². The Labute approximate surface area is 45.4 Å². The van der Waals surface area contributed by atoms with E-state index in [2.05, 4.69) is 10.3 Å². The van der Waals surface area contributed by atoms with Crippen LogP contribution < -0.4 is 5.32 Å². The number of nitrogens with zero attached hydrogens (tertiary/aromatic N) is 1. The average molecular weight is 119 g/mol. The molecule has 38 valence electrons. The lowest BCUT2D eigenvalue weighted by atomic mass is 10.6. The van der Waals surface area contributed by atoms with Crippen molar-refractivity contribution in [2.75, 3.05) is 0 Å². The maximum absolute atomic E-state index is 10.2. The van der Waals surface area contributed by atoms with E-state index >= 15 is 0 Å². The first-order chi connectivity index (χ1) is 3.30. The van der Waals surface area contributed by atoms with Gasteiger partial charge in [0, 0.05) is 0 Å². The summed E-state index contributed by atoms with van der Waals surface area (Å²) in [5.41, 5.74) is -0.694. The highest BCUT2D eigenvalue weighted by Gasteiger charge is 2.15. The third kappa shape index (κ3) is 0.718. The van der Waals surface area contributed by atoms with Crippen LogP contribution in [0.4, 0.5) is 0 Å². The second-order valence-corrected chi connectivity index (χ2v) is 1.54. The van der Waals surface area contributed by atoms with E-state index in [-0.39, 0.29) is 5.91 Å². The summed E-state index contributed by atoms with van der Waals surface area (Å²) in [6.45, 7) is 0. The molecule has 0 aromatic carbocycles. The molecule has 1 aliphatic heterocycles. The van der Waals surface area contributed by atoms with Gasteiger partial charge in [-0.05, 0) is 0 Å². The summed E-state index contributed by atoms with van der Waals surface area (Å²) >= 11 is 5.25. The third-order valence-electron chi connectivity index (χ3n) is 0.629. The Morgan fingerprint density at radius 3 is 2.86 bits per heavy atom. The van der Waals surface area contributed by atoms with Gasteiger partial charge in [0.1, 0.15) is 0 Å². The van der Waals surface area contributed by atoms with Crippen molar-refractivity contribution in [2.45, 2.75) is 5.50 Å². The lowest BCUT2D eigenvalue weighted by Crippen LogP contribution is -2.20. The first kappa shape index (κ1) is 4.59. The fourth-order valence-corrected chi connectivity index (χ4v) is 0.422. The van der Waals surface area contributed by atoms with Gasteiger partial charge in [-0.25, -0.2) is 4.99 Å². The molecule has 7 heavy (non-hydrogen) atoms. The van der Waals surface area contributed by atoms with Crippen LogP contribution in [0.15, 0.2) is 4.99 Å². The summed E-state index contributed by atoms with van der Waals surface area (Å²) in [7, 11) is 0. The van der Waals surface area contributed by atoms with Crippen molar-refractivity contribution < 1.29 is 4.79 Å². The van der Waals surface area contributed by atoms with Crippen molar-refractivity contribution in [1.82, 2.24) is 5.32 Å². The van der Waals surface area contributed by atoms with E-state index in [0.29, 0.717) is 0 Å². The molecule has 0 spiro atoms. The Kier molecular flexibility index (Phi) is 0.982. The molecule has 3 nitrogen and oxygen atoms in total. The molecule has 1 aliphatic rings. The zero-order valence-electron chi connectivity index (χ0n) is 3.39. The minimum atomic E-state index is -0.694. The van der Waals surface area contributed by atoms with Crippen molar-refractivity contribution >= 4 is 23.8 Å². The maximum Gasteiger partial charge on any atom is 0.265 e. The minimum Gasteiger partial charge on any atom is -0.314 e. The molecule has 1 N–H and O–H groups in total. The van der Waals surface area contributed by atoms with Gasteiger partial charge >= 0.3 is 0 Å². The largest absolute Gasteiger partial charge is 0.314 e. The van der Waals surface area contributed by atoms with E-state index in [1.807, 2.05) is 0 Å². The van der Waals surface area contributed by atoms with E-state index in [9.17, 15) is 4.79 Å². The van der Waals surface area contributed by atoms with Crippen molar-refractivity contribution in [3.63, 3.8) is 0 Å². The van der Waals surface area contributed by atoms with Crippen molar-refractivity contribution in [1.29, 1.82) is 0 Å². The van der Waals surface area contributed by atoms with Crippen molar-refractivity contribution in [2.24, 2.45) is 4.99 Å². The number of carbonyl (C=O) groups is 1. The highest BCUT2D eigenvalue weighted by molar-refractivity contribution is 6.32. The van der Waals surface area contributed by atoms with E-state index in [1.165, 1.54) is 6.34 Å². The molecule has 0 aromatic rings. The Bertz CT molecular complexity index is 122. The van der Waals surface area contributed by atoms with E-state index in [4.69, 9.17) is 11.6 Å². The summed E-state index contributed by atoms with van der Waals surface area (Å²) in [5.74, 6) is -0.248. The Morgan fingerprint density at radius 1 is 2.00 bits per heavy atom. The molecule has 0 radical (unpaired) electrons. The molecule has 4 heteroatoms. The summed E-state index contributed by atoms with van der Waals surface area (Å²) in [5, 5.41) is 2.31. The number of halogens is 1. The van der Waals surface area contributed by atoms with Gasteiger partial charge in [-0.2, -0.15) is 0 Å². The molecule has 1 unspecified atom stereocenters. The number of nitrogens with one attached hydrogen (secondary N) is 1. The van der Waals surface area contributed by atoms with E-state index < -0.39 is 5.50 Å². The fraction of sp³-hybridized carbons (Fsp3) is 0.333. The van der Waals surface area contributed by atoms with Crippen LogP contribution in [0, 0.1) is 0 Å². The number of carbonyl (C=O) groups excluding carboxylic acids is 1. The summed E-state index contributed by atoms with van der Waals surface area (Å²) < 4.78 is 0. The standard InChI is InChI=1S/C3H3ClN2O/c4-2-3(7)6-1-5-2/h1-2H,(H,5,6,7). The van der Waals surface area contributed by atoms with Crippen LogP contribution >= 0.6 is 11.6 Å². The third-order valence-corrected chi connectivity index (χ3v) is 0.939. The second-order valence-electron chi connectivity index (χ2n) is 1.12. The molecule has 0 aromatic heterocycles. The van der Waals surface area contributed by atoms with Gasteiger partial charge in [0.05, 0.1) is 6.34 Å². The topological polar surface area (TPSA) is 41.5 Å². The smallest absolute Gasteiger partial charge is 0.265 e. The predicted octanol–water partition coefficient (Wildman–Crippen LogP) is -0.291. The van der Waals surface area contributed by atoms with Gasteiger partial charge in [-0.1, -0.05) is 11.6 Å². The Hall–Kier alpha value is -0.570. The van der Waals surface area contributed by atoms with E-state index in [1.54, 1.807) is 0 Å². The molecular formula is C3H3ClN2O. The van der Waals surface area contributed by atoms with Crippen molar-refractivity contribution in [3.8, 4) is 0 Å². The normalized spacial score (nSPS) is 28.1. The lowest BCUT2D eigenvalue weighted by molar-refractivity contribution is -0.118. The van der Waals surface area contributed by atoms with Crippen LogP contribution in [-0.4, -0.2) is 17.7 Å². The number of aliphatic imine (C=N–C) groups is 1. The first-order valence-electron chi connectivity index (χ1n) is 1.77. The quantitative estimate of drug-likeness (QED) is 0.345. The van der Waals surface area contributed by atoms with Crippen LogP contribution in [-0.2, 0) is 4.79 Å². The Morgan fingerprint density at radius 2 is 2.71 bits per heavy atom. The van der Waals surface area contributed by atoms with Crippen LogP contribution in [0.25, 0.3) is 0 Å². The molecule has 0 bridgehead atoms. The summed E-state index contributed by atoms with van der Waals surface area (Å²) in [6.07, 6.45) is 1.29. The zero-order valence-corrected chi connectivity index (χ0v) is 4.14. The molecule has 1 atom stereocenters. The van der Waals surface area contributed by atoms with Crippen LogP contribution in [0.2, 0.25) is 0 Å². The average Bonchev–Trinajstić information content (AvgIpc) is 1.91.